The molecule has 0 aliphatic rings. The fourth-order valence-corrected chi connectivity index (χ4v) is 3.88. The van der Waals surface area contributed by atoms with Crippen LogP contribution in [0.4, 0.5) is 5.69 Å². The third kappa shape index (κ3) is 5.95. The molecule has 0 aromatic heterocycles. The van der Waals surface area contributed by atoms with Crippen LogP contribution >= 0.6 is 11.6 Å². The maximum atomic E-state index is 12.3. The molecule has 152 valence electrons. The van der Waals surface area contributed by atoms with Crippen LogP contribution in [-0.2, 0) is 14.8 Å². The molecule has 0 fully saturated rings. The minimum atomic E-state index is -3.64. The minimum Gasteiger partial charge on any atom is -0.482 e. The molecular formula is C20H25ClN2O4S. The predicted molar refractivity (Wildman–Crippen MR) is 112 cm³/mol. The smallest absolute Gasteiger partial charge is 0.262 e. The molecular weight excluding hydrogens is 400 g/mol. The van der Waals surface area contributed by atoms with Crippen molar-refractivity contribution >= 4 is 33.2 Å². The maximum absolute atomic E-state index is 12.3. The molecule has 0 saturated carbocycles. The summed E-state index contributed by atoms with van der Waals surface area (Å²) in [5.41, 5.74) is 2.78. The van der Waals surface area contributed by atoms with E-state index in [1.54, 1.807) is 0 Å². The average Bonchev–Trinajstić information content (AvgIpc) is 2.63. The number of halogens is 1. The Morgan fingerprint density at radius 3 is 2.54 bits per heavy atom. The molecule has 8 heteroatoms. The normalized spacial score (nSPS) is 11.5. The van der Waals surface area contributed by atoms with E-state index in [4.69, 9.17) is 16.3 Å². The van der Waals surface area contributed by atoms with Crippen molar-refractivity contribution in [2.75, 3.05) is 18.5 Å². The summed E-state index contributed by atoms with van der Waals surface area (Å²) < 4.78 is 32.5. The topological polar surface area (TPSA) is 84.5 Å². The number of sulfonamides is 1. The molecule has 0 aliphatic heterocycles. The van der Waals surface area contributed by atoms with Gasteiger partial charge in [-0.25, -0.2) is 13.1 Å². The molecule has 2 aromatic rings. The van der Waals surface area contributed by atoms with Crippen molar-refractivity contribution < 1.29 is 17.9 Å². The highest BCUT2D eigenvalue weighted by Gasteiger charge is 2.17. The van der Waals surface area contributed by atoms with Crippen LogP contribution in [0.25, 0.3) is 0 Å². The summed E-state index contributed by atoms with van der Waals surface area (Å²) >= 11 is 6.14. The Morgan fingerprint density at radius 1 is 1.18 bits per heavy atom. The lowest BCUT2D eigenvalue weighted by molar-refractivity contribution is -0.118. The van der Waals surface area contributed by atoms with Gasteiger partial charge < -0.3 is 10.1 Å². The van der Waals surface area contributed by atoms with Crippen LogP contribution in [0.5, 0.6) is 5.75 Å². The van der Waals surface area contributed by atoms with E-state index in [-0.39, 0.29) is 34.1 Å². The zero-order valence-electron chi connectivity index (χ0n) is 16.4. The lowest BCUT2D eigenvalue weighted by Gasteiger charge is -2.13. The Hall–Kier alpha value is -2.09. The number of hydrogen-bond donors (Lipinski definition) is 2. The summed E-state index contributed by atoms with van der Waals surface area (Å²) in [5, 5.41) is 2.91. The molecule has 6 nitrogen and oxygen atoms in total. The largest absolute Gasteiger partial charge is 0.482 e. The molecule has 0 unspecified atom stereocenters. The van der Waals surface area contributed by atoms with Crippen LogP contribution in [-0.4, -0.2) is 27.5 Å². The number of rotatable bonds is 8. The van der Waals surface area contributed by atoms with Gasteiger partial charge in [-0.1, -0.05) is 37.6 Å². The van der Waals surface area contributed by atoms with Gasteiger partial charge in [-0.15, -0.1) is 0 Å². The van der Waals surface area contributed by atoms with Crippen molar-refractivity contribution in [1.82, 2.24) is 4.72 Å². The van der Waals surface area contributed by atoms with Crippen molar-refractivity contribution in [1.29, 1.82) is 0 Å². The maximum Gasteiger partial charge on any atom is 0.262 e. The first kappa shape index (κ1) is 22.2. The summed E-state index contributed by atoms with van der Waals surface area (Å²) in [6.07, 6.45) is 0. The molecule has 2 aromatic carbocycles. The second-order valence-electron chi connectivity index (χ2n) is 6.92. The van der Waals surface area contributed by atoms with Crippen LogP contribution < -0.4 is 14.8 Å². The van der Waals surface area contributed by atoms with Gasteiger partial charge in [0.1, 0.15) is 5.75 Å². The van der Waals surface area contributed by atoms with E-state index in [9.17, 15) is 13.2 Å². The number of carbonyl (C=O) groups excluding carboxylic acids is 1. The summed E-state index contributed by atoms with van der Waals surface area (Å²) in [5.74, 6) is 0.0871. The highest BCUT2D eigenvalue weighted by atomic mass is 35.5. The van der Waals surface area contributed by atoms with E-state index in [0.717, 1.165) is 16.8 Å². The van der Waals surface area contributed by atoms with Crippen LogP contribution in [0.3, 0.4) is 0 Å². The Bertz CT molecular complexity index is 959. The molecule has 0 bridgehead atoms. The zero-order chi connectivity index (χ0) is 20.9. The molecule has 0 spiro atoms. The van der Waals surface area contributed by atoms with Crippen molar-refractivity contribution in [2.24, 2.45) is 5.92 Å². The highest BCUT2D eigenvalue weighted by molar-refractivity contribution is 7.89. The number of carbonyl (C=O) groups is 1. The molecule has 28 heavy (non-hydrogen) atoms. The summed E-state index contributed by atoms with van der Waals surface area (Å²) in [6.45, 7) is 7.80. The van der Waals surface area contributed by atoms with Gasteiger partial charge >= 0.3 is 0 Å². The number of ether oxygens (including phenoxy) is 1. The van der Waals surface area contributed by atoms with Gasteiger partial charge in [-0.2, -0.15) is 0 Å². The summed E-state index contributed by atoms with van der Waals surface area (Å²) in [4.78, 5) is 12.2. The number of benzene rings is 2. The van der Waals surface area contributed by atoms with Gasteiger partial charge in [-0.05, 0) is 55.2 Å². The van der Waals surface area contributed by atoms with Crippen LogP contribution in [0.15, 0.2) is 41.3 Å². The molecule has 0 saturated heterocycles. The summed E-state index contributed by atoms with van der Waals surface area (Å²) in [6, 6.07) is 9.79. The van der Waals surface area contributed by atoms with E-state index in [1.807, 2.05) is 45.9 Å². The fraction of sp³-hybridized carbons (Fsp3) is 0.350. The highest BCUT2D eigenvalue weighted by Crippen LogP contribution is 2.27. The molecule has 1 amide bonds. The van der Waals surface area contributed by atoms with Crippen molar-refractivity contribution in [3.05, 3.63) is 52.5 Å². The number of anilines is 1. The lowest BCUT2D eigenvalue weighted by Crippen LogP contribution is -2.27. The molecule has 2 rings (SSSR count). The Morgan fingerprint density at radius 2 is 1.89 bits per heavy atom. The quantitative estimate of drug-likeness (QED) is 0.672. The van der Waals surface area contributed by atoms with Gasteiger partial charge in [0.25, 0.3) is 5.91 Å². The standard InChI is InChI=1S/C20H25ClN2O4S/c1-13(2)11-22-28(25,26)16-8-9-19(17(21)10-16)27-12-20(24)23-18-7-5-6-14(3)15(18)4/h5-10,13,22H,11-12H2,1-4H3,(H,23,24). The van der Waals surface area contributed by atoms with Gasteiger partial charge in [0.15, 0.2) is 6.61 Å². The van der Waals surface area contributed by atoms with Gasteiger partial charge in [-0.3, -0.25) is 4.79 Å². The average molecular weight is 425 g/mol. The van der Waals surface area contributed by atoms with Gasteiger partial charge in [0.2, 0.25) is 10.0 Å². The van der Waals surface area contributed by atoms with E-state index in [0.29, 0.717) is 6.54 Å². The second-order valence-corrected chi connectivity index (χ2v) is 9.10. The second kappa shape index (κ2) is 9.41. The number of nitrogens with one attached hydrogen (secondary N) is 2. The fourth-order valence-electron chi connectivity index (χ4n) is 2.34. The monoisotopic (exact) mass is 424 g/mol. The molecule has 0 aliphatic carbocycles. The first-order valence-corrected chi connectivity index (χ1v) is 10.7. The van der Waals surface area contributed by atoms with E-state index >= 15 is 0 Å². The third-order valence-electron chi connectivity index (χ3n) is 4.13. The van der Waals surface area contributed by atoms with Crippen LogP contribution in [0.2, 0.25) is 5.02 Å². The predicted octanol–water partition coefficient (Wildman–Crippen LogP) is 3.91. The SMILES string of the molecule is Cc1cccc(NC(=O)COc2ccc(S(=O)(=O)NCC(C)C)cc2Cl)c1C. The number of hydrogen-bond acceptors (Lipinski definition) is 4. The van der Waals surface area contributed by atoms with Crippen molar-refractivity contribution in [2.45, 2.75) is 32.6 Å². The first-order chi connectivity index (χ1) is 13.1. The molecule has 2 N–H and O–H groups in total. The van der Waals surface area contributed by atoms with E-state index < -0.39 is 10.0 Å². The Balaban J connectivity index is 2.01. The van der Waals surface area contributed by atoms with Crippen LogP contribution in [0.1, 0.15) is 25.0 Å². The third-order valence-corrected chi connectivity index (χ3v) is 5.85. The Kier molecular flexibility index (Phi) is 7.46. The number of amides is 1. The summed E-state index contributed by atoms with van der Waals surface area (Å²) in [7, 11) is -3.64. The minimum absolute atomic E-state index is 0.0466. The van der Waals surface area contributed by atoms with Crippen LogP contribution in [0, 0.1) is 19.8 Å². The first-order valence-electron chi connectivity index (χ1n) is 8.88. The van der Waals surface area contributed by atoms with Gasteiger partial charge in [0, 0.05) is 12.2 Å². The molecule has 0 atom stereocenters. The van der Waals surface area contributed by atoms with E-state index in [2.05, 4.69) is 10.0 Å². The Labute approximate surface area is 171 Å². The van der Waals surface area contributed by atoms with Gasteiger partial charge in [0.05, 0.1) is 9.92 Å². The zero-order valence-corrected chi connectivity index (χ0v) is 17.9. The number of aryl methyl sites for hydroxylation is 1. The lowest BCUT2D eigenvalue weighted by atomic mass is 10.1. The van der Waals surface area contributed by atoms with Crippen molar-refractivity contribution in [3.8, 4) is 5.75 Å². The molecule has 0 heterocycles. The van der Waals surface area contributed by atoms with Crippen molar-refractivity contribution in [3.63, 3.8) is 0 Å². The van der Waals surface area contributed by atoms with E-state index in [1.165, 1.54) is 18.2 Å². The molecule has 0 radical (unpaired) electrons.